The molecule has 0 radical (unpaired) electrons. The molecule has 0 aliphatic heterocycles. The number of hydrogen-bond donors (Lipinski definition) is 1. The Bertz CT molecular complexity index is 511. The van der Waals surface area contributed by atoms with Gasteiger partial charge < -0.3 is 15.0 Å². The number of anilines is 1. The highest BCUT2D eigenvalue weighted by atomic mass is 16.5. The van der Waals surface area contributed by atoms with Crippen LogP contribution in [0.4, 0.5) is 5.69 Å². The standard InChI is InChI=1S/C18H24N2O/c1-3-20(17-7-5-4-6-8-17)13-14-21-18-11-9-16(10-12-18)15-19-2/h4-12,19H,3,13-15H2,1-2H3. The van der Waals surface area contributed by atoms with E-state index in [0.29, 0.717) is 6.61 Å². The predicted molar refractivity (Wildman–Crippen MR) is 89.0 cm³/mol. The number of rotatable bonds is 8. The van der Waals surface area contributed by atoms with Gasteiger partial charge in [-0.25, -0.2) is 0 Å². The Balaban J connectivity index is 1.82. The van der Waals surface area contributed by atoms with Crippen LogP contribution in [0.2, 0.25) is 0 Å². The third-order valence-electron chi connectivity index (χ3n) is 3.44. The van der Waals surface area contributed by atoms with Gasteiger partial charge in [0.25, 0.3) is 0 Å². The molecule has 112 valence electrons. The number of likely N-dealkylation sites (N-methyl/N-ethyl adjacent to an activating group) is 1. The lowest BCUT2D eigenvalue weighted by molar-refractivity contribution is 0.324. The van der Waals surface area contributed by atoms with E-state index >= 15 is 0 Å². The van der Waals surface area contributed by atoms with Crippen molar-refractivity contribution in [1.29, 1.82) is 0 Å². The highest BCUT2D eigenvalue weighted by Gasteiger charge is 2.03. The second-order valence-corrected chi connectivity index (χ2v) is 4.94. The van der Waals surface area contributed by atoms with E-state index in [2.05, 4.69) is 53.5 Å². The lowest BCUT2D eigenvalue weighted by atomic mass is 10.2. The Morgan fingerprint density at radius 2 is 1.71 bits per heavy atom. The Kier molecular flexibility index (Phi) is 6.10. The first-order valence-electron chi connectivity index (χ1n) is 7.50. The largest absolute Gasteiger partial charge is 0.492 e. The molecule has 0 unspecified atom stereocenters. The summed E-state index contributed by atoms with van der Waals surface area (Å²) in [7, 11) is 1.95. The minimum absolute atomic E-state index is 0.689. The van der Waals surface area contributed by atoms with Crippen LogP contribution < -0.4 is 15.0 Å². The number of para-hydroxylation sites is 1. The molecule has 0 spiro atoms. The second kappa shape index (κ2) is 8.32. The van der Waals surface area contributed by atoms with Crippen molar-refractivity contribution in [3.63, 3.8) is 0 Å². The van der Waals surface area contributed by atoms with Gasteiger partial charge in [0, 0.05) is 18.8 Å². The molecule has 2 aromatic carbocycles. The van der Waals surface area contributed by atoms with Crippen molar-refractivity contribution in [3.05, 3.63) is 60.2 Å². The number of ether oxygens (including phenoxy) is 1. The summed E-state index contributed by atoms with van der Waals surface area (Å²) < 4.78 is 5.83. The van der Waals surface area contributed by atoms with Gasteiger partial charge in [0.1, 0.15) is 12.4 Å². The molecule has 0 atom stereocenters. The fraction of sp³-hybridized carbons (Fsp3) is 0.333. The highest BCUT2D eigenvalue weighted by molar-refractivity contribution is 5.45. The molecule has 0 aliphatic rings. The molecule has 2 aromatic rings. The van der Waals surface area contributed by atoms with Crippen LogP contribution in [0.3, 0.4) is 0 Å². The predicted octanol–water partition coefficient (Wildman–Crippen LogP) is 3.31. The molecule has 0 aliphatic carbocycles. The molecule has 3 heteroatoms. The molecule has 0 heterocycles. The van der Waals surface area contributed by atoms with Gasteiger partial charge >= 0.3 is 0 Å². The zero-order chi connectivity index (χ0) is 14.9. The highest BCUT2D eigenvalue weighted by Crippen LogP contribution is 2.14. The van der Waals surface area contributed by atoms with Crippen molar-refractivity contribution in [2.75, 3.05) is 31.6 Å². The Hall–Kier alpha value is -2.00. The second-order valence-electron chi connectivity index (χ2n) is 4.94. The summed E-state index contributed by atoms with van der Waals surface area (Å²) in [4.78, 5) is 2.31. The van der Waals surface area contributed by atoms with Crippen LogP contribution in [0.25, 0.3) is 0 Å². The van der Waals surface area contributed by atoms with Crippen molar-refractivity contribution in [3.8, 4) is 5.75 Å². The van der Waals surface area contributed by atoms with Crippen LogP contribution >= 0.6 is 0 Å². The molecule has 0 amide bonds. The zero-order valence-corrected chi connectivity index (χ0v) is 12.9. The molecule has 3 nitrogen and oxygen atoms in total. The first-order chi connectivity index (χ1) is 10.3. The summed E-state index contributed by atoms with van der Waals surface area (Å²) >= 11 is 0. The first-order valence-corrected chi connectivity index (χ1v) is 7.50. The maximum Gasteiger partial charge on any atom is 0.119 e. The van der Waals surface area contributed by atoms with Gasteiger partial charge in [-0.1, -0.05) is 30.3 Å². The van der Waals surface area contributed by atoms with E-state index in [0.717, 1.165) is 25.4 Å². The van der Waals surface area contributed by atoms with E-state index in [4.69, 9.17) is 4.74 Å². The van der Waals surface area contributed by atoms with Crippen LogP contribution in [-0.4, -0.2) is 26.7 Å². The molecule has 2 rings (SSSR count). The van der Waals surface area contributed by atoms with Crippen molar-refractivity contribution in [2.24, 2.45) is 0 Å². The van der Waals surface area contributed by atoms with E-state index in [1.165, 1.54) is 11.3 Å². The van der Waals surface area contributed by atoms with Crippen molar-refractivity contribution in [2.45, 2.75) is 13.5 Å². The molecule has 1 N–H and O–H groups in total. The Morgan fingerprint density at radius 1 is 1.00 bits per heavy atom. The van der Waals surface area contributed by atoms with E-state index in [1.54, 1.807) is 0 Å². The van der Waals surface area contributed by atoms with Gasteiger partial charge in [-0.3, -0.25) is 0 Å². The summed E-state index contributed by atoms with van der Waals surface area (Å²) in [5.41, 5.74) is 2.51. The SMILES string of the molecule is CCN(CCOc1ccc(CNC)cc1)c1ccccc1. The smallest absolute Gasteiger partial charge is 0.119 e. The van der Waals surface area contributed by atoms with Crippen LogP contribution in [0.1, 0.15) is 12.5 Å². The Morgan fingerprint density at radius 3 is 2.33 bits per heavy atom. The molecule has 21 heavy (non-hydrogen) atoms. The summed E-state index contributed by atoms with van der Waals surface area (Å²) in [6.45, 7) is 5.61. The van der Waals surface area contributed by atoms with Crippen LogP contribution in [0.5, 0.6) is 5.75 Å². The van der Waals surface area contributed by atoms with Crippen LogP contribution in [0, 0.1) is 0 Å². The third kappa shape index (κ3) is 4.80. The lowest BCUT2D eigenvalue weighted by Crippen LogP contribution is -2.27. The van der Waals surface area contributed by atoms with Crippen LogP contribution in [-0.2, 0) is 6.54 Å². The first kappa shape index (κ1) is 15.4. The maximum atomic E-state index is 5.83. The maximum absolute atomic E-state index is 5.83. The van der Waals surface area contributed by atoms with E-state index in [-0.39, 0.29) is 0 Å². The van der Waals surface area contributed by atoms with Gasteiger partial charge in [0.15, 0.2) is 0 Å². The van der Waals surface area contributed by atoms with Gasteiger partial charge in [0.05, 0.1) is 6.54 Å². The summed E-state index contributed by atoms with van der Waals surface area (Å²) in [5.74, 6) is 0.930. The number of nitrogens with zero attached hydrogens (tertiary/aromatic N) is 1. The van der Waals surface area contributed by atoms with Gasteiger partial charge in [-0.15, -0.1) is 0 Å². The Labute approximate surface area is 127 Å². The average molecular weight is 284 g/mol. The van der Waals surface area contributed by atoms with Gasteiger partial charge in [-0.2, -0.15) is 0 Å². The van der Waals surface area contributed by atoms with Crippen molar-refractivity contribution in [1.82, 2.24) is 5.32 Å². The summed E-state index contributed by atoms with van der Waals surface area (Å²) in [6, 6.07) is 18.7. The molecule has 0 saturated heterocycles. The normalized spacial score (nSPS) is 10.4. The number of benzene rings is 2. The molecular formula is C18H24N2O. The van der Waals surface area contributed by atoms with E-state index < -0.39 is 0 Å². The minimum Gasteiger partial charge on any atom is -0.492 e. The fourth-order valence-electron chi connectivity index (χ4n) is 2.29. The molecule has 0 fully saturated rings. The lowest BCUT2D eigenvalue weighted by Gasteiger charge is -2.23. The van der Waals surface area contributed by atoms with Crippen LogP contribution in [0.15, 0.2) is 54.6 Å². The summed E-state index contributed by atoms with van der Waals surface area (Å²) in [5, 5.41) is 3.14. The molecular weight excluding hydrogens is 260 g/mol. The number of hydrogen-bond acceptors (Lipinski definition) is 3. The quantitative estimate of drug-likeness (QED) is 0.805. The number of nitrogens with one attached hydrogen (secondary N) is 1. The van der Waals surface area contributed by atoms with Gasteiger partial charge in [0.2, 0.25) is 0 Å². The minimum atomic E-state index is 0.689. The summed E-state index contributed by atoms with van der Waals surface area (Å²) in [6.07, 6.45) is 0. The molecule has 0 saturated carbocycles. The average Bonchev–Trinajstić information content (AvgIpc) is 2.54. The van der Waals surface area contributed by atoms with Crippen molar-refractivity contribution >= 4 is 5.69 Å². The van der Waals surface area contributed by atoms with E-state index in [1.807, 2.05) is 25.2 Å². The molecule has 0 bridgehead atoms. The van der Waals surface area contributed by atoms with Crippen molar-refractivity contribution < 1.29 is 4.74 Å². The topological polar surface area (TPSA) is 24.5 Å². The van der Waals surface area contributed by atoms with Gasteiger partial charge in [-0.05, 0) is 43.8 Å². The monoisotopic (exact) mass is 284 g/mol. The van der Waals surface area contributed by atoms with E-state index in [9.17, 15) is 0 Å². The zero-order valence-electron chi connectivity index (χ0n) is 12.9. The molecule has 0 aromatic heterocycles. The fourth-order valence-corrected chi connectivity index (χ4v) is 2.29. The third-order valence-corrected chi connectivity index (χ3v) is 3.44.